The monoisotopic (exact) mass is 350 g/mol. The molecular formula is C22H26N2O2. The fraction of sp³-hybridized carbons (Fsp3) is 0.273. The lowest BCUT2D eigenvalue weighted by atomic mass is 10.2. The topological polar surface area (TPSA) is 35.4 Å². The van der Waals surface area contributed by atoms with Crippen molar-refractivity contribution in [2.24, 2.45) is 0 Å². The average molecular weight is 350 g/mol. The Morgan fingerprint density at radius 1 is 0.808 bits per heavy atom. The normalized spacial score (nSPS) is 10.8. The summed E-state index contributed by atoms with van der Waals surface area (Å²) >= 11 is 0. The van der Waals surface area contributed by atoms with Crippen LogP contribution in [0.5, 0.6) is 11.5 Å². The van der Waals surface area contributed by atoms with Crippen LogP contribution in [0.3, 0.4) is 0 Å². The predicted octanol–water partition coefficient (Wildman–Crippen LogP) is 4.40. The van der Waals surface area contributed by atoms with Crippen molar-refractivity contribution in [2.45, 2.75) is 26.9 Å². The quantitative estimate of drug-likeness (QED) is 0.686. The molecule has 3 aromatic rings. The maximum atomic E-state index is 5.25. The lowest BCUT2D eigenvalue weighted by Crippen LogP contribution is -2.13. The Hall–Kier alpha value is -2.72. The summed E-state index contributed by atoms with van der Waals surface area (Å²) in [6, 6.07) is 18.6. The standard InChI is InChI=1S/C22H26N2O2/c1-16-13-19(15-23-14-18-5-9-21(25-3)10-6-18)17(2)24(16)20-7-11-22(26-4)12-8-20/h5-13,23H,14-15H2,1-4H3. The van der Waals surface area contributed by atoms with Crippen LogP contribution in [0.4, 0.5) is 0 Å². The third kappa shape index (κ3) is 3.92. The fourth-order valence-electron chi connectivity index (χ4n) is 3.22. The Bertz CT molecular complexity index is 849. The minimum absolute atomic E-state index is 0.830. The first kappa shape index (κ1) is 18.1. The molecule has 3 rings (SSSR count). The van der Waals surface area contributed by atoms with Crippen LogP contribution in [0.25, 0.3) is 5.69 Å². The largest absolute Gasteiger partial charge is 0.497 e. The molecule has 0 radical (unpaired) electrons. The fourth-order valence-corrected chi connectivity index (χ4v) is 3.22. The first-order valence-corrected chi connectivity index (χ1v) is 8.78. The van der Waals surface area contributed by atoms with Gasteiger partial charge in [-0.15, -0.1) is 0 Å². The molecule has 0 fully saturated rings. The molecule has 0 aliphatic heterocycles. The summed E-state index contributed by atoms with van der Waals surface area (Å²) in [7, 11) is 3.37. The van der Waals surface area contributed by atoms with Gasteiger partial charge in [0.15, 0.2) is 0 Å². The lowest BCUT2D eigenvalue weighted by molar-refractivity contribution is 0.414. The molecule has 0 spiro atoms. The lowest BCUT2D eigenvalue weighted by Gasteiger charge is -2.11. The number of aromatic nitrogens is 1. The average Bonchev–Trinajstić information content (AvgIpc) is 2.96. The molecule has 0 bridgehead atoms. The van der Waals surface area contributed by atoms with E-state index in [0.717, 1.165) is 30.3 Å². The van der Waals surface area contributed by atoms with Gasteiger partial charge in [0.2, 0.25) is 0 Å². The summed E-state index contributed by atoms with van der Waals surface area (Å²) in [6.45, 7) is 5.98. The number of methoxy groups -OCH3 is 2. The summed E-state index contributed by atoms with van der Waals surface area (Å²) in [5.41, 5.74) is 6.20. The summed E-state index contributed by atoms with van der Waals surface area (Å²) in [6.07, 6.45) is 0. The molecule has 4 nitrogen and oxygen atoms in total. The highest BCUT2D eigenvalue weighted by Crippen LogP contribution is 2.23. The van der Waals surface area contributed by atoms with Crippen LogP contribution in [-0.2, 0) is 13.1 Å². The highest BCUT2D eigenvalue weighted by Gasteiger charge is 2.10. The van der Waals surface area contributed by atoms with E-state index in [0.29, 0.717) is 0 Å². The molecule has 1 N–H and O–H groups in total. The van der Waals surface area contributed by atoms with Crippen LogP contribution in [0, 0.1) is 13.8 Å². The molecule has 0 aliphatic rings. The van der Waals surface area contributed by atoms with Crippen molar-refractivity contribution in [1.29, 1.82) is 0 Å². The van der Waals surface area contributed by atoms with E-state index in [4.69, 9.17) is 9.47 Å². The van der Waals surface area contributed by atoms with Gasteiger partial charge < -0.3 is 19.4 Å². The van der Waals surface area contributed by atoms with Crippen molar-refractivity contribution in [3.8, 4) is 17.2 Å². The Kier molecular flexibility index (Phi) is 5.64. The third-order valence-corrected chi connectivity index (χ3v) is 4.67. The van der Waals surface area contributed by atoms with Gasteiger partial charge in [0.25, 0.3) is 0 Å². The van der Waals surface area contributed by atoms with Crippen LogP contribution in [0.15, 0.2) is 54.6 Å². The molecule has 0 aliphatic carbocycles. The van der Waals surface area contributed by atoms with Crippen molar-refractivity contribution in [3.05, 3.63) is 77.1 Å². The van der Waals surface area contributed by atoms with Gasteiger partial charge in [-0.05, 0) is 67.4 Å². The second kappa shape index (κ2) is 8.11. The second-order valence-electron chi connectivity index (χ2n) is 6.38. The van der Waals surface area contributed by atoms with Gasteiger partial charge in [-0.3, -0.25) is 0 Å². The van der Waals surface area contributed by atoms with E-state index in [-0.39, 0.29) is 0 Å². The number of hydrogen-bond acceptors (Lipinski definition) is 3. The van der Waals surface area contributed by atoms with Gasteiger partial charge in [-0.1, -0.05) is 12.1 Å². The number of hydrogen-bond donors (Lipinski definition) is 1. The van der Waals surface area contributed by atoms with E-state index >= 15 is 0 Å². The summed E-state index contributed by atoms with van der Waals surface area (Å²) in [5, 5.41) is 3.53. The summed E-state index contributed by atoms with van der Waals surface area (Å²) in [4.78, 5) is 0. The number of aryl methyl sites for hydroxylation is 1. The van der Waals surface area contributed by atoms with Gasteiger partial charge in [0.05, 0.1) is 14.2 Å². The summed E-state index contributed by atoms with van der Waals surface area (Å²) in [5.74, 6) is 1.76. The molecule has 4 heteroatoms. The zero-order valence-electron chi connectivity index (χ0n) is 15.9. The van der Waals surface area contributed by atoms with Crippen molar-refractivity contribution < 1.29 is 9.47 Å². The van der Waals surface area contributed by atoms with E-state index in [2.05, 4.69) is 54.1 Å². The van der Waals surface area contributed by atoms with E-state index in [9.17, 15) is 0 Å². The zero-order valence-corrected chi connectivity index (χ0v) is 15.9. The molecule has 0 atom stereocenters. The zero-order chi connectivity index (χ0) is 18.5. The molecular weight excluding hydrogens is 324 g/mol. The Labute approximate surface area is 155 Å². The molecule has 0 unspecified atom stereocenters. The molecule has 0 saturated carbocycles. The third-order valence-electron chi connectivity index (χ3n) is 4.67. The van der Waals surface area contributed by atoms with Crippen LogP contribution in [0.1, 0.15) is 22.5 Å². The maximum Gasteiger partial charge on any atom is 0.119 e. The molecule has 26 heavy (non-hydrogen) atoms. The van der Waals surface area contributed by atoms with Gasteiger partial charge in [-0.25, -0.2) is 0 Å². The molecule has 1 heterocycles. The van der Waals surface area contributed by atoms with Crippen LogP contribution < -0.4 is 14.8 Å². The van der Waals surface area contributed by atoms with E-state index in [1.165, 1.54) is 22.5 Å². The number of rotatable bonds is 7. The Morgan fingerprint density at radius 3 is 1.96 bits per heavy atom. The number of ether oxygens (including phenoxy) is 2. The van der Waals surface area contributed by atoms with Crippen molar-refractivity contribution in [1.82, 2.24) is 9.88 Å². The first-order chi connectivity index (χ1) is 12.6. The van der Waals surface area contributed by atoms with Gasteiger partial charge in [0.1, 0.15) is 11.5 Å². The van der Waals surface area contributed by atoms with Crippen LogP contribution in [-0.4, -0.2) is 18.8 Å². The Morgan fingerprint density at radius 2 is 1.38 bits per heavy atom. The van der Waals surface area contributed by atoms with Crippen LogP contribution >= 0.6 is 0 Å². The van der Waals surface area contributed by atoms with Crippen molar-refractivity contribution in [2.75, 3.05) is 14.2 Å². The van der Waals surface area contributed by atoms with Crippen molar-refractivity contribution in [3.63, 3.8) is 0 Å². The van der Waals surface area contributed by atoms with E-state index in [1.54, 1.807) is 14.2 Å². The van der Waals surface area contributed by atoms with Gasteiger partial charge in [0, 0.05) is 30.2 Å². The maximum absolute atomic E-state index is 5.25. The highest BCUT2D eigenvalue weighted by molar-refractivity contribution is 5.43. The minimum atomic E-state index is 0.830. The molecule has 2 aromatic carbocycles. The van der Waals surface area contributed by atoms with E-state index in [1.807, 2.05) is 24.3 Å². The van der Waals surface area contributed by atoms with Crippen LogP contribution in [0.2, 0.25) is 0 Å². The molecule has 136 valence electrons. The van der Waals surface area contributed by atoms with E-state index < -0.39 is 0 Å². The van der Waals surface area contributed by atoms with Gasteiger partial charge in [-0.2, -0.15) is 0 Å². The summed E-state index contributed by atoms with van der Waals surface area (Å²) < 4.78 is 12.7. The SMILES string of the molecule is COc1ccc(CNCc2cc(C)n(-c3ccc(OC)cc3)c2C)cc1. The minimum Gasteiger partial charge on any atom is -0.497 e. The molecule has 0 saturated heterocycles. The Balaban J connectivity index is 1.68. The smallest absolute Gasteiger partial charge is 0.119 e. The molecule has 0 amide bonds. The number of nitrogens with zero attached hydrogens (tertiary/aromatic N) is 1. The number of benzene rings is 2. The van der Waals surface area contributed by atoms with Crippen molar-refractivity contribution >= 4 is 0 Å². The second-order valence-corrected chi connectivity index (χ2v) is 6.38. The van der Waals surface area contributed by atoms with Gasteiger partial charge >= 0.3 is 0 Å². The molecule has 1 aromatic heterocycles. The first-order valence-electron chi connectivity index (χ1n) is 8.78. The predicted molar refractivity (Wildman–Crippen MR) is 105 cm³/mol. The number of nitrogens with one attached hydrogen (secondary N) is 1. The highest BCUT2D eigenvalue weighted by atomic mass is 16.5.